The molecule has 0 N–H and O–H groups in total. The molecule has 0 aliphatic rings. The Morgan fingerprint density at radius 3 is 1.00 bits per heavy atom. The molecule has 0 fully saturated rings. The molecule has 1 atom stereocenters. The summed E-state index contributed by atoms with van der Waals surface area (Å²) in [6, 6.07) is 0. The van der Waals surface area contributed by atoms with Gasteiger partial charge < -0.3 is 14.2 Å². The normalized spacial score (nSPS) is 13.2. The van der Waals surface area contributed by atoms with E-state index in [0.717, 1.165) is 103 Å². The average molecular weight is 1010 g/mol. The fourth-order valence-corrected chi connectivity index (χ4v) is 7.51. The molecule has 410 valence electrons. The zero-order chi connectivity index (χ0) is 52.9. The van der Waals surface area contributed by atoms with Crippen LogP contribution in [0.2, 0.25) is 0 Å². The Bertz CT molecular complexity index is 1630. The number of esters is 3. The highest BCUT2D eigenvalue weighted by Gasteiger charge is 2.19. The van der Waals surface area contributed by atoms with E-state index >= 15 is 0 Å². The molecule has 0 radical (unpaired) electrons. The van der Waals surface area contributed by atoms with Crippen LogP contribution in [0.4, 0.5) is 0 Å². The molecule has 0 aromatic rings. The summed E-state index contributed by atoms with van der Waals surface area (Å²) in [5.74, 6) is -1.12. The van der Waals surface area contributed by atoms with Crippen LogP contribution in [0.25, 0.3) is 0 Å². The minimum Gasteiger partial charge on any atom is -0.462 e. The zero-order valence-electron chi connectivity index (χ0n) is 46.8. The minimum absolute atomic E-state index is 0.113. The molecule has 0 saturated heterocycles. The molecule has 6 heteroatoms. The van der Waals surface area contributed by atoms with Crippen LogP contribution in [0.15, 0.2) is 146 Å². The second kappa shape index (κ2) is 59.8. The smallest absolute Gasteiger partial charge is 0.309 e. The third-order valence-corrected chi connectivity index (χ3v) is 11.8. The molecule has 0 aliphatic heterocycles. The van der Waals surface area contributed by atoms with Crippen molar-refractivity contribution in [2.24, 2.45) is 0 Å². The van der Waals surface area contributed by atoms with Gasteiger partial charge in [-0.15, -0.1) is 0 Å². The van der Waals surface area contributed by atoms with Crippen LogP contribution in [0.3, 0.4) is 0 Å². The molecular weight excluding hydrogens is 901 g/mol. The van der Waals surface area contributed by atoms with Gasteiger partial charge in [0, 0.05) is 12.8 Å². The number of carbonyl (C=O) groups excluding carboxylic acids is 3. The number of unbranched alkanes of at least 4 members (excludes halogenated alkanes) is 17. The first-order valence-corrected chi connectivity index (χ1v) is 29.3. The van der Waals surface area contributed by atoms with Crippen molar-refractivity contribution in [2.45, 2.75) is 245 Å². The highest BCUT2D eigenvalue weighted by atomic mass is 16.6. The van der Waals surface area contributed by atoms with Crippen molar-refractivity contribution >= 4 is 17.9 Å². The van der Waals surface area contributed by atoms with Crippen molar-refractivity contribution < 1.29 is 28.6 Å². The largest absolute Gasteiger partial charge is 0.462 e. The molecule has 0 aliphatic carbocycles. The van der Waals surface area contributed by atoms with Crippen molar-refractivity contribution in [3.8, 4) is 0 Å². The number of ether oxygens (including phenoxy) is 3. The lowest BCUT2D eigenvalue weighted by atomic mass is 10.1. The summed E-state index contributed by atoms with van der Waals surface area (Å²) in [5.41, 5.74) is 0. The number of hydrogen-bond acceptors (Lipinski definition) is 6. The zero-order valence-corrected chi connectivity index (χ0v) is 46.8. The van der Waals surface area contributed by atoms with E-state index < -0.39 is 12.1 Å². The van der Waals surface area contributed by atoms with Crippen LogP contribution in [0.5, 0.6) is 0 Å². The fraction of sp³-hybridized carbons (Fsp3) is 0.597. The standard InChI is InChI=1S/C67H106O6/c1-4-7-10-13-16-19-22-25-28-30-32-33-35-36-39-42-45-48-51-54-57-60-66(69)72-63-64(62-71-65(68)59-56-53-50-47-44-41-38-27-24-21-18-15-12-9-6-3)73-67(70)61-58-55-52-49-46-43-40-37-34-31-29-26-23-20-17-14-11-8-5-2/h7,9-10,12,16,18-19,21,25-29,32-33,36,38-39,44-45,47-48,53,56,64H,4-6,8,11,13-15,17,20,22-24,30-31,34-35,37,40-43,46,49-52,54-55,57-63H2,1-3H3/b10-7-,12-9-,19-16-,21-18-,28-25-,29-26-,33-32-,38-27-,39-36-,47-44-,48-45-,56-53-. The van der Waals surface area contributed by atoms with Gasteiger partial charge in [-0.1, -0.05) is 244 Å². The van der Waals surface area contributed by atoms with Crippen LogP contribution in [-0.4, -0.2) is 37.2 Å². The Hall–Kier alpha value is -4.71. The Balaban J connectivity index is 4.57. The van der Waals surface area contributed by atoms with Gasteiger partial charge in [0.15, 0.2) is 6.10 Å². The van der Waals surface area contributed by atoms with Crippen LogP contribution in [0, 0.1) is 0 Å². The summed E-state index contributed by atoms with van der Waals surface area (Å²) >= 11 is 0. The average Bonchev–Trinajstić information content (AvgIpc) is 3.39. The number of rotatable bonds is 51. The van der Waals surface area contributed by atoms with Gasteiger partial charge in [-0.2, -0.15) is 0 Å². The maximum Gasteiger partial charge on any atom is 0.309 e. The van der Waals surface area contributed by atoms with Gasteiger partial charge >= 0.3 is 17.9 Å². The minimum atomic E-state index is -0.844. The van der Waals surface area contributed by atoms with E-state index in [4.69, 9.17) is 14.2 Å². The van der Waals surface area contributed by atoms with E-state index in [0.29, 0.717) is 12.8 Å². The lowest BCUT2D eigenvalue weighted by Gasteiger charge is -2.18. The Labute approximate surface area is 448 Å². The van der Waals surface area contributed by atoms with Gasteiger partial charge in [-0.05, 0) is 122 Å². The van der Waals surface area contributed by atoms with Crippen LogP contribution < -0.4 is 0 Å². The van der Waals surface area contributed by atoms with Crippen molar-refractivity contribution in [3.63, 3.8) is 0 Å². The quantitative estimate of drug-likeness (QED) is 0.0261. The Morgan fingerprint density at radius 2 is 0.589 bits per heavy atom. The molecule has 1 unspecified atom stereocenters. The second-order valence-corrected chi connectivity index (χ2v) is 18.8. The fourth-order valence-electron chi connectivity index (χ4n) is 7.51. The summed E-state index contributed by atoms with van der Waals surface area (Å²) in [6.07, 6.45) is 85.8. The summed E-state index contributed by atoms with van der Waals surface area (Å²) in [6.45, 7) is 6.27. The summed E-state index contributed by atoms with van der Waals surface area (Å²) in [4.78, 5) is 38.1. The van der Waals surface area contributed by atoms with Crippen molar-refractivity contribution in [2.75, 3.05) is 13.2 Å². The molecule has 0 rings (SSSR count). The summed E-state index contributed by atoms with van der Waals surface area (Å²) < 4.78 is 16.7. The van der Waals surface area contributed by atoms with Crippen LogP contribution in [-0.2, 0) is 28.6 Å². The summed E-state index contributed by atoms with van der Waals surface area (Å²) in [5, 5.41) is 0. The lowest BCUT2D eigenvalue weighted by Crippen LogP contribution is -2.30. The van der Waals surface area contributed by atoms with Gasteiger partial charge in [0.05, 0.1) is 6.42 Å². The van der Waals surface area contributed by atoms with Crippen LogP contribution in [0.1, 0.15) is 239 Å². The predicted molar refractivity (Wildman–Crippen MR) is 315 cm³/mol. The molecule has 0 spiro atoms. The first-order chi connectivity index (χ1) is 36.0. The first kappa shape index (κ1) is 68.3. The highest BCUT2D eigenvalue weighted by Crippen LogP contribution is 2.14. The maximum absolute atomic E-state index is 12.9. The van der Waals surface area contributed by atoms with Gasteiger partial charge in [0.2, 0.25) is 0 Å². The van der Waals surface area contributed by atoms with Crippen molar-refractivity contribution in [3.05, 3.63) is 146 Å². The molecule has 0 aromatic carbocycles. The van der Waals surface area contributed by atoms with E-state index in [1.165, 1.54) is 89.9 Å². The van der Waals surface area contributed by atoms with Gasteiger partial charge in [0.25, 0.3) is 0 Å². The summed E-state index contributed by atoms with van der Waals surface area (Å²) in [7, 11) is 0. The molecular formula is C67H106O6. The molecule has 0 aromatic heterocycles. The molecule has 0 saturated carbocycles. The van der Waals surface area contributed by atoms with E-state index in [2.05, 4.69) is 154 Å². The molecule has 0 bridgehead atoms. The topological polar surface area (TPSA) is 78.9 Å². The lowest BCUT2D eigenvalue weighted by molar-refractivity contribution is -0.166. The SMILES string of the molecule is CC/C=C\C/C=C\C/C=C\C/C=C\C/C=C\C/C=C\CCCCC(=O)OCC(COC(=O)C/C=C\C/C=C\C/C=C\C/C=C\C/C=C\CC)OC(=O)CCCCCCCCCCC/C=C\CCCCCCCC. The third-order valence-electron chi connectivity index (χ3n) is 11.8. The van der Waals surface area contributed by atoms with Crippen LogP contribution >= 0.6 is 0 Å². The van der Waals surface area contributed by atoms with E-state index in [1.54, 1.807) is 6.08 Å². The number of carbonyl (C=O) groups is 3. The van der Waals surface area contributed by atoms with E-state index in [1.807, 2.05) is 6.08 Å². The van der Waals surface area contributed by atoms with Crippen molar-refractivity contribution in [1.29, 1.82) is 0 Å². The molecule has 0 heterocycles. The molecule has 73 heavy (non-hydrogen) atoms. The maximum atomic E-state index is 12.9. The van der Waals surface area contributed by atoms with Gasteiger partial charge in [-0.3, -0.25) is 14.4 Å². The number of hydrogen-bond donors (Lipinski definition) is 0. The van der Waals surface area contributed by atoms with Gasteiger partial charge in [0.1, 0.15) is 13.2 Å². The monoisotopic (exact) mass is 1010 g/mol. The Morgan fingerprint density at radius 1 is 0.301 bits per heavy atom. The first-order valence-electron chi connectivity index (χ1n) is 29.3. The van der Waals surface area contributed by atoms with Crippen molar-refractivity contribution in [1.82, 2.24) is 0 Å². The van der Waals surface area contributed by atoms with E-state index in [9.17, 15) is 14.4 Å². The van der Waals surface area contributed by atoms with E-state index in [-0.39, 0.29) is 38.0 Å². The van der Waals surface area contributed by atoms with Gasteiger partial charge in [-0.25, -0.2) is 0 Å². The number of allylic oxidation sites excluding steroid dienone is 23. The molecule has 0 amide bonds. The Kier molecular flexibility index (Phi) is 56.0. The molecule has 6 nitrogen and oxygen atoms in total. The predicted octanol–water partition coefficient (Wildman–Crippen LogP) is 20.0. The highest BCUT2D eigenvalue weighted by molar-refractivity contribution is 5.72. The second-order valence-electron chi connectivity index (χ2n) is 18.8. The third kappa shape index (κ3) is 58.1.